The van der Waals surface area contributed by atoms with Crippen LogP contribution in [0.4, 0.5) is 11.5 Å². The van der Waals surface area contributed by atoms with Gasteiger partial charge in [0.15, 0.2) is 0 Å². The molecule has 0 bridgehead atoms. The highest BCUT2D eigenvalue weighted by molar-refractivity contribution is 7.19. The van der Waals surface area contributed by atoms with Crippen molar-refractivity contribution in [2.24, 2.45) is 0 Å². The Bertz CT molecular complexity index is 1110. The van der Waals surface area contributed by atoms with Gasteiger partial charge in [-0.2, -0.15) is 4.98 Å². The largest absolute Gasteiger partial charge is 0.326 e. The van der Waals surface area contributed by atoms with Crippen molar-refractivity contribution in [2.45, 2.75) is 20.8 Å². The molecule has 3 nitrogen and oxygen atoms in total. The van der Waals surface area contributed by atoms with Crippen molar-refractivity contribution < 1.29 is 0 Å². The molecule has 5 heteroatoms. The van der Waals surface area contributed by atoms with Crippen LogP contribution in [-0.4, -0.2) is 16.5 Å². The molecular weight excluding hydrogens is 374 g/mol. The van der Waals surface area contributed by atoms with Crippen LogP contribution in [0.15, 0.2) is 54.6 Å². The molecule has 0 aliphatic rings. The van der Waals surface area contributed by atoms with Crippen LogP contribution in [0.5, 0.6) is 0 Å². The average Bonchev–Trinajstić information content (AvgIpc) is 2.98. The quantitative estimate of drug-likeness (QED) is 0.357. The first-order valence-electron chi connectivity index (χ1n) is 8.94. The summed E-state index contributed by atoms with van der Waals surface area (Å²) in [5.41, 5.74) is 4.69. The Balaban J connectivity index is 2.02. The normalized spacial score (nSPS) is 11.1. The topological polar surface area (TPSA) is 29.0 Å². The number of halogens is 1. The van der Waals surface area contributed by atoms with E-state index in [2.05, 4.69) is 84.2 Å². The third-order valence-electron chi connectivity index (χ3n) is 4.63. The number of nitrogens with zero attached hydrogens (tertiary/aromatic N) is 3. The van der Waals surface area contributed by atoms with Gasteiger partial charge in [0.1, 0.15) is 10.6 Å². The van der Waals surface area contributed by atoms with Crippen LogP contribution in [0, 0.1) is 13.8 Å². The summed E-state index contributed by atoms with van der Waals surface area (Å²) in [5.74, 6) is 0.862. The van der Waals surface area contributed by atoms with Gasteiger partial charge in [0.2, 0.25) is 5.28 Å². The lowest BCUT2D eigenvalue weighted by Crippen LogP contribution is -2.18. The fourth-order valence-corrected chi connectivity index (χ4v) is 4.72. The van der Waals surface area contributed by atoms with E-state index in [1.54, 1.807) is 11.3 Å². The van der Waals surface area contributed by atoms with Crippen molar-refractivity contribution in [2.75, 3.05) is 11.4 Å². The van der Waals surface area contributed by atoms with Gasteiger partial charge in [0.25, 0.3) is 0 Å². The molecule has 0 aliphatic heterocycles. The van der Waals surface area contributed by atoms with E-state index in [4.69, 9.17) is 11.6 Å². The Labute approximate surface area is 168 Å². The van der Waals surface area contributed by atoms with Crippen LogP contribution >= 0.6 is 22.9 Å². The summed E-state index contributed by atoms with van der Waals surface area (Å²) in [6.45, 7) is 7.15. The molecule has 0 saturated carbocycles. The number of aromatic nitrogens is 2. The van der Waals surface area contributed by atoms with Crippen LogP contribution < -0.4 is 4.90 Å². The lowest BCUT2D eigenvalue weighted by molar-refractivity contribution is 0.990. The molecule has 0 N–H and O–H groups in total. The third-order valence-corrected chi connectivity index (χ3v) is 5.80. The minimum absolute atomic E-state index is 0.282. The number of fused-ring (bicyclic) bond motifs is 1. The summed E-state index contributed by atoms with van der Waals surface area (Å²) in [4.78, 5) is 13.5. The second-order valence-corrected chi connectivity index (χ2v) is 8.02. The van der Waals surface area contributed by atoms with E-state index in [1.165, 1.54) is 21.6 Å². The third kappa shape index (κ3) is 3.31. The monoisotopic (exact) mass is 393 g/mol. The molecule has 0 radical (unpaired) electrons. The molecule has 0 atom stereocenters. The summed E-state index contributed by atoms with van der Waals surface area (Å²) in [6, 6.07) is 18.9. The van der Waals surface area contributed by atoms with Crippen molar-refractivity contribution in [1.29, 1.82) is 0 Å². The zero-order chi connectivity index (χ0) is 19.0. The van der Waals surface area contributed by atoms with E-state index >= 15 is 0 Å². The van der Waals surface area contributed by atoms with Crippen molar-refractivity contribution in [3.8, 4) is 11.1 Å². The molecule has 0 saturated heterocycles. The smallest absolute Gasteiger partial charge is 0.225 e. The summed E-state index contributed by atoms with van der Waals surface area (Å²) in [5, 5.41) is 1.35. The molecular formula is C22H20ClN3S. The van der Waals surface area contributed by atoms with Crippen molar-refractivity contribution >= 4 is 44.7 Å². The Morgan fingerprint density at radius 2 is 1.78 bits per heavy atom. The van der Waals surface area contributed by atoms with E-state index in [9.17, 15) is 0 Å². The highest BCUT2D eigenvalue weighted by Gasteiger charge is 2.22. The number of benzene rings is 2. The summed E-state index contributed by atoms with van der Waals surface area (Å²) in [6.07, 6.45) is 0. The molecule has 2 aromatic carbocycles. The highest BCUT2D eigenvalue weighted by Crippen LogP contribution is 2.43. The molecule has 0 spiro atoms. The first-order chi connectivity index (χ1) is 13.1. The molecule has 0 amide bonds. The molecule has 0 fully saturated rings. The van der Waals surface area contributed by atoms with Gasteiger partial charge in [-0.1, -0.05) is 42.5 Å². The fraction of sp³-hybridized carbons (Fsp3) is 0.182. The van der Waals surface area contributed by atoms with Gasteiger partial charge in [-0.05, 0) is 55.6 Å². The Morgan fingerprint density at radius 3 is 2.48 bits per heavy atom. The minimum atomic E-state index is 0.282. The maximum absolute atomic E-state index is 6.31. The van der Waals surface area contributed by atoms with E-state index in [0.29, 0.717) is 0 Å². The summed E-state index contributed by atoms with van der Waals surface area (Å²) >= 11 is 7.97. The molecule has 4 rings (SSSR count). The predicted octanol–water partition coefficient (Wildman–Crippen LogP) is 6.79. The first kappa shape index (κ1) is 18.0. The van der Waals surface area contributed by atoms with Gasteiger partial charge in [-0.25, -0.2) is 4.98 Å². The number of rotatable bonds is 4. The maximum atomic E-state index is 6.31. The highest BCUT2D eigenvalue weighted by atomic mass is 35.5. The standard InChI is InChI=1S/C22H20ClN3S/c1-4-26(17-12-8-9-14(2)13-17)20-19-18(16-10-6-5-7-11-16)15(3)27-21(19)25-22(23)24-20/h5-13H,4H2,1-3H3. The number of anilines is 2. The maximum Gasteiger partial charge on any atom is 0.225 e. The first-order valence-corrected chi connectivity index (χ1v) is 10.1. The molecule has 0 unspecified atom stereocenters. The SMILES string of the molecule is CCN(c1cccc(C)c1)c1nc(Cl)nc2sc(C)c(-c3ccccc3)c12. The van der Waals surface area contributed by atoms with E-state index in [1.807, 2.05) is 6.07 Å². The van der Waals surface area contributed by atoms with Crippen molar-refractivity contribution in [1.82, 2.24) is 9.97 Å². The van der Waals surface area contributed by atoms with Gasteiger partial charge in [0, 0.05) is 22.7 Å². The van der Waals surface area contributed by atoms with E-state index in [0.717, 1.165) is 28.3 Å². The van der Waals surface area contributed by atoms with E-state index in [-0.39, 0.29) is 5.28 Å². The van der Waals surface area contributed by atoms with Gasteiger partial charge < -0.3 is 4.90 Å². The number of aryl methyl sites for hydroxylation is 2. The Hall–Kier alpha value is -2.43. The zero-order valence-corrected chi connectivity index (χ0v) is 17.1. The molecule has 2 heterocycles. The molecule has 2 aromatic heterocycles. The van der Waals surface area contributed by atoms with Crippen LogP contribution in [0.25, 0.3) is 21.3 Å². The molecule has 0 aliphatic carbocycles. The molecule has 27 heavy (non-hydrogen) atoms. The van der Waals surface area contributed by atoms with Gasteiger partial charge in [-0.3, -0.25) is 0 Å². The Morgan fingerprint density at radius 1 is 1.00 bits per heavy atom. The zero-order valence-electron chi connectivity index (χ0n) is 15.5. The number of thiophene rings is 1. The van der Waals surface area contributed by atoms with Crippen molar-refractivity contribution in [3.05, 3.63) is 70.3 Å². The summed E-state index contributed by atoms with van der Waals surface area (Å²) in [7, 11) is 0. The molecule has 136 valence electrons. The van der Waals surface area contributed by atoms with Crippen LogP contribution in [0.3, 0.4) is 0 Å². The second-order valence-electron chi connectivity index (χ2n) is 6.48. The molecule has 4 aromatic rings. The lowest BCUT2D eigenvalue weighted by Gasteiger charge is -2.24. The van der Waals surface area contributed by atoms with Crippen LogP contribution in [0.1, 0.15) is 17.4 Å². The second kappa shape index (κ2) is 7.29. The lowest BCUT2D eigenvalue weighted by atomic mass is 10.0. The number of hydrogen-bond acceptors (Lipinski definition) is 4. The number of hydrogen-bond donors (Lipinski definition) is 0. The summed E-state index contributed by atoms with van der Waals surface area (Å²) < 4.78 is 0. The van der Waals surface area contributed by atoms with Gasteiger partial charge >= 0.3 is 0 Å². The van der Waals surface area contributed by atoms with Gasteiger partial charge in [0.05, 0.1) is 5.39 Å². The minimum Gasteiger partial charge on any atom is -0.326 e. The van der Waals surface area contributed by atoms with Crippen LogP contribution in [0.2, 0.25) is 5.28 Å². The van der Waals surface area contributed by atoms with Crippen LogP contribution in [-0.2, 0) is 0 Å². The van der Waals surface area contributed by atoms with Crippen molar-refractivity contribution in [3.63, 3.8) is 0 Å². The van der Waals surface area contributed by atoms with E-state index < -0.39 is 0 Å². The fourth-order valence-electron chi connectivity index (χ4n) is 3.47. The average molecular weight is 394 g/mol. The van der Waals surface area contributed by atoms with Gasteiger partial charge in [-0.15, -0.1) is 11.3 Å². The Kier molecular flexibility index (Phi) is 4.85. The predicted molar refractivity (Wildman–Crippen MR) is 116 cm³/mol.